The summed E-state index contributed by atoms with van der Waals surface area (Å²) in [6.07, 6.45) is 0. The molecule has 0 bridgehead atoms. The molecule has 4 rings (SSSR count). The van der Waals surface area contributed by atoms with Crippen molar-refractivity contribution >= 4 is 23.5 Å². The lowest BCUT2D eigenvalue weighted by Crippen LogP contribution is -2.56. The van der Waals surface area contributed by atoms with Gasteiger partial charge in [0.1, 0.15) is 17.2 Å². The highest BCUT2D eigenvalue weighted by molar-refractivity contribution is 6.30. The molecule has 1 fully saturated rings. The SMILES string of the molecule is CC(C)CN1C(=N)/C(=C(\NCc2ccc(-c3ccccc3)cc2)Nc2ccccc2)C(=O)N(C)C1=O. The Hall–Kier alpha value is -4.39. The minimum Gasteiger partial charge on any atom is -0.367 e. The molecule has 0 radical (unpaired) electrons. The largest absolute Gasteiger partial charge is 0.367 e. The van der Waals surface area contributed by atoms with E-state index in [2.05, 4.69) is 34.9 Å². The molecule has 0 unspecified atom stereocenters. The quantitative estimate of drug-likeness (QED) is 0.381. The van der Waals surface area contributed by atoms with E-state index in [1.165, 1.54) is 11.9 Å². The third-order valence-corrected chi connectivity index (χ3v) is 5.91. The van der Waals surface area contributed by atoms with E-state index in [9.17, 15) is 9.59 Å². The monoisotopic (exact) mass is 481 g/mol. The first-order chi connectivity index (χ1) is 17.3. The second-order valence-corrected chi connectivity index (χ2v) is 9.16. The van der Waals surface area contributed by atoms with Crippen LogP contribution in [-0.2, 0) is 11.3 Å². The summed E-state index contributed by atoms with van der Waals surface area (Å²) >= 11 is 0. The van der Waals surface area contributed by atoms with Crippen LogP contribution in [0.4, 0.5) is 10.5 Å². The molecule has 0 saturated carbocycles. The summed E-state index contributed by atoms with van der Waals surface area (Å²) in [5.74, 6) is -0.104. The molecule has 0 aliphatic carbocycles. The Kier molecular flexibility index (Phi) is 7.49. The first-order valence-electron chi connectivity index (χ1n) is 12.0. The van der Waals surface area contributed by atoms with Crippen LogP contribution in [0.15, 0.2) is 96.3 Å². The molecule has 7 heteroatoms. The van der Waals surface area contributed by atoms with Crippen molar-refractivity contribution in [2.75, 3.05) is 18.9 Å². The number of likely N-dealkylation sites (N-methyl/N-ethyl adjacent to an activating group) is 1. The van der Waals surface area contributed by atoms with Gasteiger partial charge in [0, 0.05) is 25.8 Å². The van der Waals surface area contributed by atoms with Crippen LogP contribution >= 0.6 is 0 Å². The fourth-order valence-electron chi connectivity index (χ4n) is 4.02. The number of carbonyl (C=O) groups is 2. The number of rotatable bonds is 8. The topological polar surface area (TPSA) is 88.5 Å². The molecule has 1 saturated heterocycles. The Morgan fingerprint density at radius 1 is 0.861 bits per heavy atom. The van der Waals surface area contributed by atoms with E-state index in [4.69, 9.17) is 5.41 Å². The number of hydrogen-bond donors (Lipinski definition) is 3. The summed E-state index contributed by atoms with van der Waals surface area (Å²) in [5.41, 5.74) is 4.17. The normalized spacial score (nSPS) is 15.4. The van der Waals surface area contributed by atoms with Crippen LogP contribution in [-0.4, -0.2) is 41.2 Å². The lowest BCUT2D eigenvalue weighted by molar-refractivity contribution is -0.123. The molecule has 3 aromatic rings. The van der Waals surface area contributed by atoms with E-state index >= 15 is 0 Å². The van der Waals surface area contributed by atoms with Crippen molar-refractivity contribution in [2.45, 2.75) is 20.4 Å². The zero-order valence-electron chi connectivity index (χ0n) is 20.8. The lowest BCUT2D eigenvalue weighted by atomic mass is 10.0. The summed E-state index contributed by atoms with van der Waals surface area (Å²) in [6, 6.07) is 27.3. The van der Waals surface area contributed by atoms with Gasteiger partial charge in [0.05, 0.1) is 0 Å². The number of imide groups is 1. The smallest absolute Gasteiger partial charge is 0.332 e. The number of para-hydroxylation sites is 1. The summed E-state index contributed by atoms with van der Waals surface area (Å²) in [4.78, 5) is 28.4. The zero-order valence-corrected chi connectivity index (χ0v) is 20.8. The van der Waals surface area contributed by atoms with Crippen LogP contribution in [0, 0.1) is 11.3 Å². The van der Waals surface area contributed by atoms with Gasteiger partial charge in [-0.15, -0.1) is 0 Å². The first kappa shape index (κ1) is 24.7. The third kappa shape index (κ3) is 5.46. The van der Waals surface area contributed by atoms with Crippen molar-refractivity contribution in [3.8, 4) is 11.1 Å². The molecule has 184 valence electrons. The maximum atomic E-state index is 13.2. The van der Waals surface area contributed by atoms with Crippen molar-refractivity contribution in [3.63, 3.8) is 0 Å². The van der Waals surface area contributed by atoms with E-state index in [1.54, 1.807) is 0 Å². The maximum absolute atomic E-state index is 13.2. The fraction of sp³-hybridized carbons (Fsp3) is 0.207. The highest BCUT2D eigenvalue weighted by atomic mass is 16.2. The molecule has 1 aliphatic rings. The van der Waals surface area contributed by atoms with Crippen molar-refractivity contribution in [2.24, 2.45) is 5.92 Å². The van der Waals surface area contributed by atoms with Crippen LogP contribution in [0.2, 0.25) is 0 Å². The van der Waals surface area contributed by atoms with Gasteiger partial charge >= 0.3 is 6.03 Å². The van der Waals surface area contributed by atoms with E-state index < -0.39 is 11.9 Å². The summed E-state index contributed by atoms with van der Waals surface area (Å²) < 4.78 is 0. The molecule has 0 spiro atoms. The Morgan fingerprint density at radius 3 is 2.06 bits per heavy atom. The van der Waals surface area contributed by atoms with Gasteiger partial charge in [0.2, 0.25) is 0 Å². The number of carbonyl (C=O) groups excluding carboxylic acids is 2. The van der Waals surface area contributed by atoms with Crippen molar-refractivity contribution in [1.82, 2.24) is 15.1 Å². The number of nitrogens with one attached hydrogen (secondary N) is 3. The zero-order chi connectivity index (χ0) is 25.7. The molecule has 1 aliphatic heterocycles. The van der Waals surface area contributed by atoms with Crippen molar-refractivity contribution in [3.05, 3.63) is 102 Å². The van der Waals surface area contributed by atoms with Gasteiger partial charge in [-0.3, -0.25) is 20.0 Å². The van der Waals surface area contributed by atoms with Crippen LogP contribution in [0.3, 0.4) is 0 Å². The Balaban J connectivity index is 1.65. The number of benzene rings is 3. The average molecular weight is 482 g/mol. The Labute approximate surface area is 211 Å². The van der Waals surface area contributed by atoms with E-state index in [-0.39, 0.29) is 17.3 Å². The highest BCUT2D eigenvalue weighted by Gasteiger charge is 2.40. The number of urea groups is 1. The van der Waals surface area contributed by atoms with E-state index in [1.807, 2.05) is 74.5 Å². The van der Waals surface area contributed by atoms with Crippen LogP contribution < -0.4 is 10.6 Å². The number of amidine groups is 1. The molecule has 0 aromatic heterocycles. The average Bonchev–Trinajstić information content (AvgIpc) is 2.90. The van der Waals surface area contributed by atoms with Crippen LogP contribution in [0.5, 0.6) is 0 Å². The molecule has 3 aromatic carbocycles. The fourth-order valence-corrected chi connectivity index (χ4v) is 4.02. The van der Waals surface area contributed by atoms with Gasteiger partial charge in [-0.25, -0.2) is 4.79 Å². The van der Waals surface area contributed by atoms with Gasteiger partial charge in [-0.2, -0.15) is 0 Å². The number of anilines is 1. The standard InChI is InChI=1S/C29H31N5O2/c1-20(2)19-34-26(30)25(28(35)33(3)29(34)36)27(32-24-12-8-5-9-13-24)31-18-21-14-16-23(17-15-21)22-10-6-4-7-11-22/h4-17,20,30-32H,18-19H2,1-3H3/b27-25-,30-26?. The summed E-state index contributed by atoms with van der Waals surface area (Å²) in [5, 5.41) is 15.4. The molecule has 1 heterocycles. The van der Waals surface area contributed by atoms with Gasteiger partial charge in [-0.05, 0) is 34.7 Å². The summed E-state index contributed by atoms with van der Waals surface area (Å²) in [6.45, 7) is 4.72. The number of hydrogen-bond acceptors (Lipinski definition) is 5. The number of amides is 3. The molecule has 3 amide bonds. The minimum atomic E-state index is -0.518. The molecular formula is C29H31N5O2. The predicted octanol–water partition coefficient (Wildman–Crippen LogP) is 5.29. The molecule has 36 heavy (non-hydrogen) atoms. The minimum absolute atomic E-state index is 0.109. The number of nitrogens with zero attached hydrogens (tertiary/aromatic N) is 2. The van der Waals surface area contributed by atoms with Crippen molar-refractivity contribution < 1.29 is 9.59 Å². The second-order valence-electron chi connectivity index (χ2n) is 9.16. The van der Waals surface area contributed by atoms with E-state index in [0.717, 1.165) is 27.3 Å². The highest BCUT2D eigenvalue weighted by Crippen LogP contribution is 2.23. The second kappa shape index (κ2) is 10.9. The first-order valence-corrected chi connectivity index (χ1v) is 12.0. The van der Waals surface area contributed by atoms with Gasteiger partial charge in [-0.1, -0.05) is 86.6 Å². The van der Waals surface area contributed by atoms with Gasteiger partial charge in [0.15, 0.2) is 0 Å². The maximum Gasteiger partial charge on any atom is 0.332 e. The Morgan fingerprint density at radius 2 is 1.44 bits per heavy atom. The lowest BCUT2D eigenvalue weighted by Gasteiger charge is -2.35. The van der Waals surface area contributed by atoms with Crippen LogP contribution in [0.25, 0.3) is 11.1 Å². The molecule has 7 nitrogen and oxygen atoms in total. The predicted molar refractivity (Wildman–Crippen MR) is 143 cm³/mol. The Bertz CT molecular complexity index is 1270. The molecule has 0 atom stereocenters. The summed E-state index contributed by atoms with van der Waals surface area (Å²) in [7, 11) is 1.45. The van der Waals surface area contributed by atoms with E-state index in [0.29, 0.717) is 18.9 Å². The van der Waals surface area contributed by atoms with Gasteiger partial charge < -0.3 is 10.6 Å². The van der Waals surface area contributed by atoms with Crippen LogP contribution in [0.1, 0.15) is 19.4 Å². The molecular weight excluding hydrogens is 450 g/mol. The van der Waals surface area contributed by atoms with Gasteiger partial charge in [0.25, 0.3) is 5.91 Å². The molecule has 3 N–H and O–H groups in total. The van der Waals surface area contributed by atoms with Crippen molar-refractivity contribution in [1.29, 1.82) is 5.41 Å². The third-order valence-electron chi connectivity index (χ3n) is 5.91.